The molecule has 0 fully saturated rings. The minimum Gasteiger partial charge on any atom is -0.469 e. The number of hydrogen-bond acceptors (Lipinski definition) is 4. The molecular formula is C16H20O4. The van der Waals surface area contributed by atoms with Crippen molar-refractivity contribution in [2.75, 3.05) is 7.11 Å². The van der Waals surface area contributed by atoms with Gasteiger partial charge in [0.2, 0.25) is 0 Å². The van der Waals surface area contributed by atoms with Crippen molar-refractivity contribution in [1.29, 1.82) is 0 Å². The highest BCUT2D eigenvalue weighted by Crippen LogP contribution is 2.24. The number of aliphatic hydroxyl groups excluding tert-OH is 1. The van der Waals surface area contributed by atoms with Gasteiger partial charge in [0.1, 0.15) is 5.94 Å². The van der Waals surface area contributed by atoms with Crippen molar-refractivity contribution >= 4 is 17.5 Å². The number of aryl methyl sites for hydroxylation is 1. The molecule has 4 nitrogen and oxygen atoms in total. The third-order valence-corrected chi connectivity index (χ3v) is 3.14. The summed E-state index contributed by atoms with van der Waals surface area (Å²) in [6, 6.07) is 5.66. The third kappa shape index (κ3) is 4.34. The van der Waals surface area contributed by atoms with E-state index in [-0.39, 0.29) is 25.4 Å². The molecule has 0 aromatic heterocycles. The van der Waals surface area contributed by atoms with Gasteiger partial charge in [-0.2, -0.15) is 0 Å². The maximum absolute atomic E-state index is 11.2. The Morgan fingerprint density at radius 1 is 1.35 bits per heavy atom. The Hall–Kier alpha value is -1.90. The van der Waals surface area contributed by atoms with Crippen molar-refractivity contribution in [3.05, 3.63) is 34.9 Å². The average Bonchev–Trinajstić information content (AvgIpc) is 2.48. The number of aliphatic hydroxyl groups is 1. The molecule has 0 unspecified atom stereocenters. The molecule has 0 radical (unpaired) electrons. The average molecular weight is 276 g/mol. The zero-order valence-electron chi connectivity index (χ0n) is 11.9. The van der Waals surface area contributed by atoms with E-state index in [4.69, 9.17) is 0 Å². The molecule has 0 saturated heterocycles. The Bertz CT molecular complexity index is 513. The number of carbonyl (C=O) groups is 1. The summed E-state index contributed by atoms with van der Waals surface area (Å²) in [5.41, 5.74) is 2.85. The molecule has 1 N–H and O–H groups in total. The lowest BCUT2D eigenvalue weighted by Gasteiger charge is -2.11. The second kappa shape index (κ2) is 8.31. The summed E-state index contributed by atoms with van der Waals surface area (Å²) in [5.74, 6) is 1.52. The van der Waals surface area contributed by atoms with Gasteiger partial charge in [0.15, 0.2) is 0 Å². The van der Waals surface area contributed by atoms with Crippen molar-refractivity contribution < 1.29 is 19.4 Å². The van der Waals surface area contributed by atoms with Crippen molar-refractivity contribution in [3.63, 3.8) is 0 Å². The van der Waals surface area contributed by atoms with E-state index in [2.05, 4.69) is 11.7 Å². The van der Waals surface area contributed by atoms with Crippen LogP contribution in [0.15, 0.2) is 18.2 Å². The molecule has 0 spiro atoms. The van der Waals surface area contributed by atoms with E-state index >= 15 is 0 Å². The van der Waals surface area contributed by atoms with E-state index in [1.54, 1.807) is 0 Å². The van der Waals surface area contributed by atoms with Crippen LogP contribution in [0.2, 0.25) is 0 Å². The molecule has 0 aliphatic heterocycles. The van der Waals surface area contributed by atoms with Crippen LogP contribution in [0, 0.1) is 0 Å². The number of benzene rings is 1. The largest absolute Gasteiger partial charge is 0.469 e. The summed E-state index contributed by atoms with van der Waals surface area (Å²) in [5, 5.41) is 9.37. The summed E-state index contributed by atoms with van der Waals surface area (Å²) >= 11 is 0. The highest BCUT2D eigenvalue weighted by Gasteiger charge is 2.12. The monoisotopic (exact) mass is 276 g/mol. The van der Waals surface area contributed by atoms with Gasteiger partial charge in [0, 0.05) is 5.57 Å². The molecule has 1 aromatic rings. The number of rotatable bonds is 7. The summed E-state index contributed by atoms with van der Waals surface area (Å²) < 4.78 is 4.57. The van der Waals surface area contributed by atoms with Gasteiger partial charge in [-0.25, -0.2) is 4.79 Å². The van der Waals surface area contributed by atoms with Gasteiger partial charge in [0.05, 0.1) is 20.1 Å². The maximum Gasteiger partial charge on any atom is 0.305 e. The standard InChI is InChI=1S/C16H20O4/c1-3-4-12-5-6-13(10-17)15(9-12)14(11-18)7-8-16(19)20-2/h5-6,9,17H,3-4,7-8,10H2,1-2H3. The zero-order chi connectivity index (χ0) is 15.0. The first-order valence-corrected chi connectivity index (χ1v) is 6.70. The van der Waals surface area contributed by atoms with Crippen molar-refractivity contribution in [1.82, 2.24) is 0 Å². The van der Waals surface area contributed by atoms with Gasteiger partial charge < -0.3 is 9.84 Å². The van der Waals surface area contributed by atoms with E-state index in [1.165, 1.54) is 7.11 Å². The van der Waals surface area contributed by atoms with Gasteiger partial charge in [0.25, 0.3) is 0 Å². The van der Waals surface area contributed by atoms with E-state index in [9.17, 15) is 14.7 Å². The van der Waals surface area contributed by atoms with Crippen LogP contribution in [0.1, 0.15) is 42.9 Å². The zero-order valence-corrected chi connectivity index (χ0v) is 11.9. The predicted molar refractivity (Wildman–Crippen MR) is 76.7 cm³/mol. The normalized spacial score (nSPS) is 9.95. The molecule has 0 bridgehead atoms. The fourth-order valence-electron chi connectivity index (χ4n) is 2.06. The lowest BCUT2D eigenvalue weighted by atomic mass is 9.94. The smallest absolute Gasteiger partial charge is 0.305 e. The molecule has 108 valence electrons. The van der Waals surface area contributed by atoms with Gasteiger partial charge in [-0.05, 0) is 29.5 Å². The number of methoxy groups -OCH3 is 1. The maximum atomic E-state index is 11.2. The molecule has 1 rings (SSSR count). The topological polar surface area (TPSA) is 63.6 Å². The third-order valence-electron chi connectivity index (χ3n) is 3.14. The van der Waals surface area contributed by atoms with E-state index < -0.39 is 0 Å². The minimum absolute atomic E-state index is 0.129. The second-order valence-corrected chi connectivity index (χ2v) is 4.56. The second-order valence-electron chi connectivity index (χ2n) is 4.56. The van der Waals surface area contributed by atoms with E-state index in [0.29, 0.717) is 16.7 Å². The van der Waals surface area contributed by atoms with Crippen LogP contribution in [0.5, 0.6) is 0 Å². The Kier molecular flexibility index (Phi) is 6.71. The summed E-state index contributed by atoms with van der Waals surface area (Å²) in [6.07, 6.45) is 2.30. The fourth-order valence-corrected chi connectivity index (χ4v) is 2.06. The number of ether oxygens (including phenoxy) is 1. The Morgan fingerprint density at radius 2 is 2.10 bits per heavy atom. The molecule has 0 heterocycles. The summed E-state index contributed by atoms with van der Waals surface area (Å²) in [7, 11) is 1.31. The SMILES string of the molecule is CCCc1ccc(CO)c(C(=C=O)CCC(=O)OC)c1. The van der Waals surface area contributed by atoms with Crippen molar-refractivity contribution in [2.24, 2.45) is 0 Å². The highest BCUT2D eigenvalue weighted by molar-refractivity contribution is 5.90. The van der Waals surface area contributed by atoms with Crippen LogP contribution in [-0.4, -0.2) is 24.1 Å². The number of esters is 1. The van der Waals surface area contributed by atoms with Crippen LogP contribution < -0.4 is 0 Å². The molecule has 4 heteroatoms. The number of carbonyl (C=O) groups excluding carboxylic acids is 2. The summed E-state index contributed by atoms with van der Waals surface area (Å²) in [6.45, 7) is 1.93. The van der Waals surface area contributed by atoms with E-state index in [1.807, 2.05) is 24.1 Å². The molecule has 0 saturated carbocycles. The van der Waals surface area contributed by atoms with Crippen molar-refractivity contribution in [2.45, 2.75) is 39.2 Å². The van der Waals surface area contributed by atoms with E-state index in [0.717, 1.165) is 18.4 Å². The Labute approximate surface area is 119 Å². The number of hydrogen-bond donors (Lipinski definition) is 1. The van der Waals surface area contributed by atoms with Crippen LogP contribution >= 0.6 is 0 Å². The van der Waals surface area contributed by atoms with Gasteiger partial charge in [-0.15, -0.1) is 0 Å². The molecular weight excluding hydrogens is 256 g/mol. The molecule has 0 amide bonds. The first-order chi connectivity index (χ1) is 9.65. The quantitative estimate of drug-likeness (QED) is 0.613. The Balaban J connectivity index is 3.03. The minimum atomic E-state index is -0.368. The van der Waals surface area contributed by atoms with Crippen LogP contribution in [0.25, 0.3) is 5.57 Å². The summed E-state index contributed by atoms with van der Waals surface area (Å²) in [4.78, 5) is 22.3. The van der Waals surface area contributed by atoms with Crippen LogP contribution in [0.3, 0.4) is 0 Å². The number of allylic oxidation sites excluding steroid dienone is 1. The first kappa shape index (κ1) is 16.2. The molecule has 0 aliphatic rings. The molecule has 0 aliphatic carbocycles. The lowest BCUT2D eigenvalue weighted by molar-refractivity contribution is -0.140. The lowest BCUT2D eigenvalue weighted by Crippen LogP contribution is -2.02. The van der Waals surface area contributed by atoms with Gasteiger partial charge in [-0.3, -0.25) is 4.79 Å². The van der Waals surface area contributed by atoms with Crippen LogP contribution in [0.4, 0.5) is 0 Å². The first-order valence-electron chi connectivity index (χ1n) is 6.70. The Morgan fingerprint density at radius 3 is 2.65 bits per heavy atom. The van der Waals surface area contributed by atoms with Crippen LogP contribution in [-0.2, 0) is 27.4 Å². The molecule has 20 heavy (non-hydrogen) atoms. The molecule has 1 aromatic carbocycles. The van der Waals surface area contributed by atoms with Gasteiger partial charge in [-0.1, -0.05) is 31.5 Å². The predicted octanol–water partition coefficient (Wildman–Crippen LogP) is 2.30. The molecule has 0 atom stereocenters. The van der Waals surface area contributed by atoms with Gasteiger partial charge >= 0.3 is 5.97 Å². The fraction of sp³-hybridized carbons (Fsp3) is 0.438. The highest BCUT2D eigenvalue weighted by atomic mass is 16.5. The van der Waals surface area contributed by atoms with Crippen molar-refractivity contribution in [3.8, 4) is 0 Å².